The second kappa shape index (κ2) is 11.2. The molecule has 0 aliphatic heterocycles. The molecule has 0 aliphatic carbocycles. The van der Waals surface area contributed by atoms with Crippen LogP contribution in [-0.4, -0.2) is 51.1 Å². The van der Waals surface area contributed by atoms with Crippen molar-refractivity contribution in [2.75, 3.05) is 27.3 Å². The molecular formula is C13H18N2O6. The van der Waals surface area contributed by atoms with Gasteiger partial charge in [0.25, 0.3) is 0 Å². The minimum atomic E-state index is -0.616. The number of amides is 2. The minimum absolute atomic E-state index is 0.325. The normalized spacial score (nSPS) is 10.4. The molecule has 0 aromatic rings. The fraction of sp³-hybridized carbons (Fsp3) is 0.385. The molecule has 8 heteroatoms. The number of methoxy groups -OCH3 is 2. The molecule has 0 radical (unpaired) electrons. The van der Waals surface area contributed by atoms with Crippen molar-refractivity contribution >= 4 is 23.8 Å². The molecule has 0 fully saturated rings. The fourth-order valence-corrected chi connectivity index (χ4v) is 1.05. The number of carbonyl (C=O) groups excluding carboxylic acids is 4. The maximum atomic E-state index is 11.2. The number of hydrogen-bond donors (Lipinski definition) is 2. The van der Waals surface area contributed by atoms with Gasteiger partial charge in [0.15, 0.2) is 0 Å². The molecule has 0 heterocycles. The fourth-order valence-electron chi connectivity index (χ4n) is 1.05. The van der Waals surface area contributed by atoms with Gasteiger partial charge in [0.2, 0.25) is 11.8 Å². The van der Waals surface area contributed by atoms with E-state index in [1.165, 1.54) is 14.2 Å². The number of hydrogen-bond acceptors (Lipinski definition) is 6. The Kier molecular flexibility index (Phi) is 9.80. The van der Waals surface area contributed by atoms with Gasteiger partial charge in [-0.2, -0.15) is 0 Å². The Morgan fingerprint density at radius 2 is 1.14 bits per heavy atom. The Bertz CT molecular complexity index is 402. The highest BCUT2D eigenvalue weighted by Gasteiger charge is 1.99. The number of carbonyl (C=O) groups is 4. The summed E-state index contributed by atoms with van der Waals surface area (Å²) >= 11 is 0. The van der Waals surface area contributed by atoms with Crippen LogP contribution in [-0.2, 0) is 28.7 Å². The molecule has 0 saturated heterocycles. The number of ether oxygens (including phenoxy) is 2. The summed E-state index contributed by atoms with van der Waals surface area (Å²) in [6.07, 6.45) is 4.63. The SMILES string of the molecule is COC(=O)/C=C/C(=O)NCCCNC(=O)/C=C/C(=O)OC. The highest BCUT2D eigenvalue weighted by atomic mass is 16.5. The average Bonchev–Trinajstić information content (AvgIpc) is 2.49. The third-order valence-corrected chi connectivity index (χ3v) is 2.10. The first-order chi connectivity index (χ1) is 9.99. The van der Waals surface area contributed by atoms with E-state index < -0.39 is 23.8 Å². The lowest BCUT2D eigenvalue weighted by molar-refractivity contribution is -0.135. The van der Waals surface area contributed by atoms with Crippen LogP contribution in [0.5, 0.6) is 0 Å². The van der Waals surface area contributed by atoms with Crippen molar-refractivity contribution in [2.24, 2.45) is 0 Å². The zero-order valence-electron chi connectivity index (χ0n) is 11.9. The summed E-state index contributed by atoms with van der Waals surface area (Å²) in [7, 11) is 2.42. The van der Waals surface area contributed by atoms with Crippen LogP contribution in [0.3, 0.4) is 0 Å². The van der Waals surface area contributed by atoms with E-state index >= 15 is 0 Å². The third kappa shape index (κ3) is 10.9. The standard InChI is InChI=1S/C13H18N2O6/c1-20-12(18)6-4-10(16)14-8-3-9-15-11(17)5-7-13(19)21-2/h4-7H,3,8-9H2,1-2H3,(H,14,16)(H,15,17)/b6-4+,7-5+. The Hall–Kier alpha value is -2.64. The van der Waals surface area contributed by atoms with Crippen LogP contribution in [0.25, 0.3) is 0 Å². The quantitative estimate of drug-likeness (QED) is 0.340. The molecule has 8 nitrogen and oxygen atoms in total. The van der Waals surface area contributed by atoms with Crippen LogP contribution in [0.1, 0.15) is 6.42 Å². The van der Waals surface area contributed by atoms with Crippen molar-refractivity contribution in [1.82, 2.24) is 10.6 Å². The molecule has 0 atom stereocenters. The Labute approximate surface area is 122 Å². The van der Waals surface area contributed by atoms with E-state index in [1.807, 2.05) is 0 Å². The lowest BCUT2D eigenvalue weighted by Crippen LogP contribution is -2.28. The summed E-state index contributed by atoms with van der Waals surface area (Å²) in [5, 5.41) is 5.04. The van der Waals surface area contributed by atoms with E-state index in [4.69, 9.17) is 0 Å². The molecule has 0 rings (SSSR count). The molecule has 116 valence electrons. The first kappa shape index (κ1) is 18.4. The highest BCUT2D eigenvalue weighted by Crippen LogP contribution is 1.82. The van der Waals surface area contributed by atoms with Crippen LogP contribution in [0.15, 0.2) is 24.3 Å². The Morgan fingerprint density at radius 3 is 1.48 bits per heavy atom. The van der Waals surface area contributed by atoms with Gasteiger partial charge in [0.1, 0.15) is 0 Å². The molecule has 0 aromatic heterocycles. The maximum Gasteiger partial charge on any atom is 0.330 e. The van der Waals surface area contributed by atoms with Crippen LogP contribution in [0.2, 0.25) is 0 Å². The Morgan fingerprint density at radius 1 is 0.762 bits per heavy atom. The monoisotopic (exact) mass is 298 g/mol. The average molecular weight is 298 g/mol. The van der Waals surface area contributed by atoms with Gasteiger partial charge in [0.05, 0.1) is 14.2 Å². The van der Waals surface area contributed by atoms with Crippen molar-refractivity contribution in [3.8, 4) is 0 Å². The van der Waals surface area contributed by atoms with Gasteiger partial charge < -0.3 is 20.1 Å². The van der Waals surface area contributed by atoms with Crippen LogP contribution < -0.4 is 10.6 Å². The molecule has 0 spiro atoms. The topological polar surface area (TPSA) is 111 Å². The largest absolute Gasteiger partial charge is 0.466 e. The lowest BCUT2D eigenvalue weighted by atomic mass is 10.4. The predicted octanol–water partition coefficient (Wildman–Crippen LogP) is -0.933. The van der Waals surface area contributed by atoms with E-state index in [-0.39, 0.29) is 0 Å². The second-order valence-corrected chi connectivity index (χ2v) is 3.65. The van der Waals surface area contributed by atoms with Gasteiger partial charge in [-0.3, -0.25) is 9.59 Å². The smallest absolute Gasteiger partial charge is 0.330 e. The zero-order valence-corrected chi connectivity index (χ0v) is 11.9. The van der Waals surface area contributed by atoms with Crippen LogP contribution in [0.4, 0.5) is 0 Å². The summed E-state index contributed by atoms with van der Waals surface area (Å²) in [4.78, 5) is 43.9. The van der Waals surface area contributed by atoms with E-state index in [2.05, 4.69) is 20.1 Å². The molecule has 21 heavy (non-hydrogen) atoms. The van der Waals surface area contributed by atoms with Crippen molar-refractivity contribution < 1.29 is 28.7 Å². The van der Waals surface area contributed by atoms with Crippen molar-refractivity contribution in [1.29, 1.82) is 0 Å². The molecular weight excluding hydrogens is 280 g/mol. The van der Waals surface area contributed by atoms with Crippen molar-refractivity contribution in [3.63, 3.8) is 0 Å². The summed E-state index contributed by atoms with van der Waals surface area (Å²) < 4.78 is 8.65. The second-order valence-electron chi connectivity index (χ2n) is 3.65. The van der Waals surface area contributed by atoms with E-state index in [0.29, 0.717) is 19.5 Å². The molecule has 0 unspecified atom stereocenters. The van der Waals surface area contributed by atoms with Gasteiger partial charge in [-0.15, -0.1) is 0 Å². The summed E-state index contributed by atoms with van der Waals surface area (Å²) in [5.41, 5.74) is 0. The van der Waals surface area contributed by atoms with E-state index in [9.17, 15) is 19.2 Å². The molecule has 0 bridgehead atoms. The van der Waals surface area contributed by atoms with Gasteiger partial charge >= 0.3 is 11.9 Å². The summed E-state index contributed by atoms with van der Waals surface area (Å²) in [6, 6.07) is 0. The van der Waals surface area contributed by atoms with E-state index in [1.54, 1.807) is 0 Å². The molecule has 0 saturated carbocycles. The van der Waals surface area contributed by atoms with Crippen LogP contribution >= 0.6 is 0 Å². The van der Waals surface area contributed by atoms with Gasteiger partial charge in [-0.05, 0) is 6.42 Å². The number of nitrogens with one attached hydrogen (secondary N) is 2. The summed E-state index contributed by atoms with van der Waals surface area (Å²) in [6.45, 7) is 0.649. The lowest BCUT2D eigenvalue weighted by Gasteiger charge is -2.03. The highest BCUT2D eigenvalue weighted by molar-refractivity contribution is 5.95. The van der Waals surface area contributed by atoms with E-state index in [0.717, 1.165) is 24.3 Å². The molecule has 2 N–H and O–H groups in total. The maximum absolute atomic E-state index is 11.2. The molecule has 2 amide bonds. The minimum Gasteiger partial charge on any atom is -0.466 e. The Balaban J connectivity index is 3.72. The first-order valence-electron chi connectivity index (χ1n) is 6.07. The number of rotatable bonds is 8. The van der Waals surface area contributed by atoms with Crippen molar-refractivity contribution in [3.05, 3.63) is 24.3 Å². The molecule has 0 aliphatic rings. The van der Waals surface area contributed by atoms with Gasteiger partial charge in [0, 0.05) is 37.4 Å². The van der Waals surface area contributed by atoms with Gasteiger partial charge in [-0.1, -0.05) is 0 Å². The number of esters is 2. The van der Waals surface area contributed by atoms with Crippen molar-refractivity contribution in [2.45, 2.75) is 6.42 Å². The van der Waals surface area contributed by atoms with Crippen LogP contribution in [0, 0.1) is 0 Å². The predicted molar refractivity (Wildman–Crippen MR) is 72.9 cm³/mol. The first-order valence-corrected chi connectivity index (χ1v) is 6.07. The van der Waals surface area contributed by atoms with Gasteiger partial charge in [-0.25, -0.2) is 9.59 Å². The molecule has 0 aromatic carbocycles. The summed E-state index contributed by atoms with van der Waals surface area (Å²) in [5.74, 6) is -2.10. The zero-order chi connectivity index (χ0) is 16.1. The third-order valence-electron chi connectivity index (χ3n) is 2.10.